The third kappa shape index (κ3) is 3.06. The smallest absolute Gasteiger partial charge is 0.353 e. The van der Waals surface area contributed by atoms with E-state index < -0.39 is 24.0 Å². The summed E-state index contributed by atoms with van der Waals surface area (Å²) in [6.45, 7) is 3.59. The zero-order chi connectivity index (χ0) is 20.9. The van der Waals surface area contributed by atoms with E-state index in [1.165, 1.54) is 33.5 Å². The highest BCUT2D eigenvalue weighted by Crippen LogP contribution is 2.52. The molecule has 2 N–H and O–H groups in total. The summed E-state index contributed by atoms with van der Waals surface area (Å²) in [6, 6.07) is -1.07. The van der Waals surface area contributed by atoms with Crippen LogP contribution in [0.2, 0.25) is 0 Å². The van der Waals surface area contributed by atoms with Crippen LogP contribution in [-0.4, -0.2) is 86.9 Å². The minimum Gasteiger partial charge on any atom is -0.477 e. The Bertz CT molecular complexity index is 754. The number of hydrogen-bond acceptors (Lipinski definition) is 7. The number of carbonyl (C=O) groups excluding carboxylic acids is 2. The SMILES string of the molecule is C[C@H]1C(S[C@H]2C[C@@H](C(=O)N(C)C)N(N=O)C2)=C(C(=O)O)N2C(=O)[C@H]([C@@H](C)O)C12. The van der Waals surface area contributed by atoms with Crippen LogP contribution in [0, 0.1) is 16.7 Å². The first-order valence-electron chi connectivity index (χ1n) is 9.06. The van der Waals surface area contributed by atoms with Crippen LogP contribution >= 0.6 is 11.8 Å². The highest BCUT2D eigenvalue weighted by Gasteiger charge is 2.60. The Labute approximate surface area is 166 Å². The van der Waals surface area contributed by atoms with Gasteiger partial charge in [0.25, 0.3) is 0 Å². The quantitative estimate of drug-likeness (QED) is 0.463. The molecule has 0 radical (unpaired) electrons. The molecule has 0 bridgehead atoms. The number of β-lactam (4-membered cyclic amide) rings is 1. The normalized spacial score (nSPS) is 32.9. The van der Waals surface area contributed by atoms with Gasteiger partial charge in [-0.15, -0.1) is 16.7 Å². The van der Waals surface area contributed by atoms with Crippen LogP contribution in [0.25, 0.3) is 0 Å². The summed E-state index contributed by atoms with van der Waals surface area (Å²) < 4.78 is 0. The van der Waals surface area contributed by atoms with Gasteiger partial charge in [-0.05, 0) is 13.3 Å². The summed E-state index contributed by atoms with van der Waals surface area (Å²) in [4.78, 5) is 50.9. The minimum absolute atomic E-state index is 0.0580. The largest absolute Gasteiger partial charge is 0.477 e. The highest BCUT2D eigenvalue weighted by atomic mass is 32.2. The number of carboxylic acid groups (broad SMARTS) is 1. The average Bonchev–Trinajstić information content (AvgIpc) is 3.12. The van der Waals surface area contributed by atoms with Crippen molar-refractivity contribution in [3.8, 4) is 0 Å². The number of carbonyl (C=O) groups is 3. The first-order chi connectivity index (χ1) is 13.1. The predicted molar refractivity (Wildman–Crippen MR) is 101 cm³/mol. The molecule has 2 fully saturated rings. The van der Waals surface area contributed by atoms with Crippen molar-refractivity contribution in [3.63, 3.8) is 0 Å². The number of nitroso groups, excluding NO2 is 1. The van der Waals surface area contributed by atoms with E-state index in [0.717, 1.165) is 0 Å². The maximum Gasteiger partial charge on any atom is 0.353 e. The number of fused-ring (bicyclic) bond motifs is 1. The summed E-state index contributed by atoms with van der Waals surface area (Å²) in [5.74, 6) is -2.69. The first kappa shape index (κ1) is 20.6. The van der Waals surface area contributed by atoms with Crippen molar-refractivity contribution in [2.45, 2.75) is 43.7 Å². The number of rotatable bonds is 6. The predicted octanol–water partition coefficient (Wildman–Crippen LogP) is 0.0858. The zero-order valence-corrected chi connectivity index (χ0v) is 16.9. The Hall–Kier alpha value is -2.14. The van der Waals surface area contributed by atoms with Gasteiger partial charge in [-0.2, -0.15) is 0 Å². The van der Waals surface area contributed by atoms with Crippen LogP contribution in [0.3, 0.4) is 0 Å². The fourth-order valence-corrected chi connectivity index (χ4v) is 5.86. The molecule has 10 nitrogen and oxygen atoms in total. The number of carboxylic acids is 1. The lowest BCUT2D eigenvalue weighted by atomic mass is 9.79. The number of thioether (sulfide) groups is 1. The number of aliphatic hydroxyl groups excluding tert-OH is 1. The minimum atomic E-state index is -1.20. The molecule has 1 unspecified atom stereocenters. The fourth-order valence-electron chi connectivity index (χ4n) is 4.34. The Morgan fingerprint density at radius 1 is 1.36 bits per heavy atom. The summed E-state index contributed by atoms with van der Waals surface area (Å²) in [6.07, 6.45) is -0.506. The molecule has 2 saturated heterocycles. The maximum absolute atomic E-state index is 12.4. The van der Waals surface area contributed by atoms with Gasteiger partial charge in [-0.25, -0.2) is 9.80 Å². The Morgan fingerprint density at radius 3 is 2.50 bits per heavy atom. The van der Waals surface area contributed by atoms with Crippen LogP contribution in [0.15, 0.2) is 15.9 Å². The summed E-state index contributed by atoms with van der Waals surface area (Å²) in [5, 5.41) is 23.5. The van der Waals surface area contributed by atoms with Crippen molar-refractivity contribution in [2.24, 2.45) is 17.1 Å². The molecule has 28 heavy (non-hydrogen) atoms. The van der Waals surface area contributed by atoms with Crippen LogP contribution < -0.4 is 0 Å². The van der Waals surface area contributed by atoms with Gasteiger partial charge in [0.15, 0.2) is 0 Å². The van der Waals surface area contributed by atoms with Crippen LogP contribution in [0.1, 0.15) is 20.3 Å². The van der Waals surface area contributed by atoms with Crippen LogP contribution in [-0.2, 0) is 14.4 Å². The van der Waals surface area contributed by atoms with Gasteiger partial charge < -0.3 is 20.0 Å². The zero-order valence-electron chi connectivity index (χ0n) is 16.1. The molecule has 3 heterocycles. The fraction of sp³-hybridized carbons (Fsp3) is 0.706. The lowest BCUT2D eigenvalue weighted by Crippen LogP contribution is -2.63. The molecule has 0 spiro atoms. The van der Waals surface area contributed by atoms with E-state index in [2.05, 4.69) is 5.29 Å². The number of likely N-dealkylation sites (N-methyl/N-ethyl adjacent to an activating group) is 1. The van der Waals surface area contributed by atoms with E-state index in [0.29, 0.717) is 11.3 Å². The van der Waals surface area contributed by atoms with E-state index in [-0.39, 0.29) is 41.3 Å². The van der Waals surface area contributed by atoms with Crippen molar-refractivity contribution >= 4 is 29.5 Å². The molecule has 0 aromatic rings. The lowest BCUT2D eigenvalue weighted by molar-refractivity contribution is -0.163. The van der Waals surface area contributed by atoms with Crippen molar-refractivity contribution in [1.82, 2.24) is 14.8 Å². The van der Waals surface area contributed by atoms with Gasteiger partial charge in [-0.3, -0.25) is 9.59 Å². The van der Waals surface area contributed by atoms with Crippen molar-refractivity contribution in [1.29, 1.82) is 0 Å². The van der Waals surface area contributed by atoms with Gasteiger partial charge in [0, 0.05) is 30.2 Å². The van der Waals surface area contributed by atoms with Gasteiger partial charge in [0.2, 0.25) is 11.8 Å². The molecule has 0 aromatic carbocycles. The number of aliphatic hydroxyl groups is 1. The molecule has 3 aliphatic heterocycles. The maximum atomic E-state index is 12.4. The second-order valence-corrected chi connectivity index (χ2v) is 9.04. The summed E-state index contributed by atoms with van der Waals surface area (Å²) >= 11 is 1.29. The highest BCUT2D eigenvalue weighted by molar-refractivity contribution is 8.03. The second-order valence-electron chi connectivity index (χ2n) is 7.70. The Kier molecular flexibility index (Phi) is 5.41. The van der Waals surface area contributed by atoms with Crippen LogP contribution in [0.5, 0.6) is 0 Å². The van der Waals surface area contributed by atoms with E-state index in [1.54, 1.807) is 14.1 Å². The molecule has 0 saturated carbocycles. The van der Waals surface area contributed by atoms with Crippen molar-refractivity contribution < 1.29 is 24.6 Å². The third-order valence-corrected chi connectivity index (χ3v) is 7.17. The number of amides is 2. The average molecular weight is 412 g/mol. The topological polar surface area (TPSA) is 131 Å². The van der Waals surface area contributed by atoms with E-state index in [1.807, 2.05) is 6.92 Å². The standard InChI is InChI=1S/C17H24N4O6S/c1-7-12-11(8(2)22)16(24)21(12)13(17(25)26)14(7)28-9-5-10(15(23)19(3)4)20(6-9)18-27/h7-12,22H,5-6H2,1-4H3,(H,25,26)/t7-,8-,9+,10+,11-,12?/m1/s1. The molecule has 2 amide bonds. The monoisotopic (exact) mass is 412 g/mol. The third-order valence-electron chi connectivity index (χ3n) is 5.67. The van der Waals surface area contributed by atoms with E-state index in [4.69, 9.17) is 0 Å². The molecule has 3 rings (SSSR count). The molecule has 0 aromatic heterocycles. The van der Waals surface area contributed by atoms with Gasteiger partial charge in [0.05, 0.1) is 29.9 Å². The van der Waals surface area contributed by atoms with Crippen molar-refractivity contribution in [3.05, 3.63) is 15.5 Å². The van der Waals surface area contributed by atoms with E-state index in [9.17, 15) is 29.5 Å². The second kappa shape index (κ2) is 7.36. The summed E-state index contributed by atoms with van der Waals surface area (Å²) in [5.41, 5.74) is -0.0580. The Morgan fingerprint density at radius 2 is 2.00 bits per heavy atom. The molecule has 6 atom stereocenters. The Balaban J connectivity index is 1.84. The molecular formula is C17H24N4O6S. The van der Waals surface area contributed by atoms with Gasteiger partial charge in [-0.1, -0.05) is 6.92 Å². The van der Waals surface area contributed by atoms with Crippen LogP contribution in [0.4, 0.5) is 0 Å². The summed E-state index contributed by atoms with van der Waals surface area (Å²) in [7, 11) is 3.20. The molecule has 154 valence electrons. The number of aliphatic carboxylic acids is 1. The molecular weight excluding hydrogens is 388 g/mol. The first-order valence-corrected chi connectivity index (χ1v) is 9.94. The molecule has 0 aliphatic carbocycles. The molecule has 11 heteroatoms. The van der Waals surface area contributed by atoms with E-state index >= 15 is 0 Å². The number of nitrogens with zero attached hydrogens (tertiary/aromatic N) is 4. The van der Waals surface area contributed by atoms with Gasteiger partial charge >= 0.3 is 5.97 Å². The lowest BCUT2D eigenvalue weighted by Gasteiger charge is -2.46. The van der Waals surface area contributed by atoms with Gasteiger partial charge in [0.1, 0.15) is 11.7 Å². The van der Waals surface area contributed by atoms with Crippen molar-refractivity contribution in [2.75, 3.05) is 20.6 Å². The number of hydrogen-bond donors (Lipinski definition) is 2. The molecule has 3 aliphatic rings.